The molecule has 0 bridgehead atoms. The molecule has 0 rings (SSSR count). The summed E-state index contributed by atoms with van der Waals surface area (Å²) < 4.78 is 5.73. The molecule has 0 aromatic carbocycles. The second-order valence-electron chi connectivity index (χ2n) is 9.23. The second-order valence-corrected chi connectivity index (χ2v) is 9.23. The standard InChI is InChI=1S/C28H52O4/c1-3-5-7-9-11-12-13-14-16-18-20-25-28(31)32-26(23-21-24-27(29)30)22-19-17-15-10-8-6-4-2/h9,11,26H,3-8,10,12-25H2,1-2H3,(H,29,30)/b11-9-. The van der Waals surface area contributed by atoms with Gasteiger partial charge in [-0.1, -0.05) is 96.6 Å². The van der Waals surface area contributed by atoms with Crippen LogP contribution in [0.3, 0.4) is 0 Å². The minimum atomic E-state index is -0.776. The molecule has 4 heteroatoms. The molecule has 32 heavy (non-hydrogen) atoms. The molecule has 0 aliphatic heterocycles. The minimum absolute atomic E-state index is 0.105. The molecule has 188 valence electrons. The van der Waals surface area contributed by atoms with Crippen molar-refractivity contribution in [2.75, 3.05) is 0 Å². The van der Waals surface area contributed by atoms with Gasteiger partial charge in [0.2, 0.25) is 0 Å². The maximum absolute atomic E-state index is 12.3. The second kappa shape index (κ2) is 24.3. The summed E-state index contributed by atoms with van der Waals surface area (Å²) >= 11 is 0. The first-order valence-electron chi connectivity index (χ1n) is 13.7. The fourth-order valence-electron chi connectivity index (χ4n) is 3.94. The van der Waals surface area contributed by atoms with Gasteiger partial charge in [0.25, 0.3) is 0 Å². The van der Waals surface area contributed by atoms with E-state index in [-0.39, 0.29) is 18.5 Å². The molecule has 0 heterocycles. The first-order valence-corrected chi connectivity index (χ1v) is 13.7. The molecule has 0 amide bonds. The van der Waals surface area contributed by atoms with Crippen molar-refractivity contribution in [3.8, 4) is 0 Å². The molecule has 0 aliphatic rings. The molecule has 0 aromatic heterocycles. The zero-order valence-corrected chi connectivity index (χ0v) is 21.3. The summed E-state index contributed by atoms with van der Waals surface area (Å²) in [5, 5.41) is 8.88. The Morgan fingerprint density at radius 2 is 1.19 bits per heavy atom. The Balaban J connectivity index is 3.91. The van der Waals surface area contributed by atoms with Crippen molar-refractivity contribution < 1.29 is 19.4 Å². The zero-order chi connectivity index (χ0) is 23.7. The number of allylic oxidation sites excluding steroid dienone is 2. The Hall–Kier alpha value is -1.32. The van der Waals surface area contributed by atoms with Crippen LogP contribution in [-0.4, -0.2) is 23.1 Å². The number of esters is 1. The van der Waals surface area contributed by atoms with Crippen molar-refractivity contribution in [2.24, 2.45) is 0 Å². The smallest absolute Gasteiger partial charge is 0.306 e. The van der Waals surface area contributed by atoms with E-state index in [4.69, 9.17) is 9.84 Å². The molecule has 0 saturated carbocycles. The van der Waals surface area contributed by atoms with Gasteiger partial charge in [-0.05, 0) is 51.4 Å². The third-order valence-corrected chi connectivity index (χ3v) is 5.99. The van der Waals surface area contributed by atoms with Crippen molar-refractivity contribution in [1.29, 1.82) is 0 Å². The van der Waals surface area contributed by atoms with Gasteiger partial charge in [0.15, 0.2) is 0 Å². The molecular weight excluding hydrogens is 400 g/mol. The van der Waals surface area contributed by atoms with Gasteiger partial charge in [-0.3, -0.25) is 9.59 Å². The van der Waals surface area contributed by atoms with Gasteiger partial charge in [-0.15, -0.1) is 0 Å². The molecule has 1 unspecified atom stereocenters. The number of carboxylic acids is 1. The van der Waals surface area contributed by atoms with Crippen molar-refractivity contribution >= 4 is 11.9 Å². The molecule has 0 fully saturated rings. The third kappa shape index (κ3) is 23.3. The van der Waals surface area contributed by atoms with Gasteiger partial charge >= 0.3 is 11.9 Å². The van der Waals surface area contributed by atoms with E-state index < -0.39 is 5.97 Å². The van der Waals surface area contributed by atoms with Gasteiger partial charge in [-0.25, -0.2) is 0 Å². The molecule has 0 saturated heterocycles. The lowest BCUT2D eigenvalue weighted by molar-refractivity contribution is -0.150. The Morgan fingerprint density at radius 3 is 1.84 bits per heavy atom. The van der Waals surface area contributed by atoms with E-state index in [9.17, 15) is 9.59 Å². The molecule has 1 N–H and O–H groups in total. The Kier molecular flexibility index (Phi) is 23.3. The minimum Gasteiger partial charge on any atom is -0.481 e. The average Bonchev–Trinajstić information content (AvgIpc) is 2.76. The molecule has 0 spiro atoms. The lowest BCUT2D eigenvalue weighted by Gasteiger charge is -2.18. The lowest BCUT2D eigenvalue weighted by Crippen LogP contribution is -2.18. The van der Waals surface area contributed by atoms with Gasteiger partial charge in [0, 0.05) is 12.8 Å². The summed E-state index contributed by atoms with van der Waals surface area (Å²) in [7, 11) is 0. The van der Waals surface area contributed by atoms with Gasteiger partial charge in [-0.2, -0.15) is 0 Å². The van der Waals surface area contributed by atoms with E-state index in [2.05, 4.69) is 26.0 Å². The molecule has 4 nitrogen and oxygen atoms in total. The van der Waals surface area contributed by atoms with Gasteiger partial charge < -0.3 is 9.84 Å². The fraction of sp³-hybridized carbons (Fsp3) is 0.857. The van der Waals surface area contributed by atoms with E-state index >= 15 is 0 Å². The van der Waals surface area contributed by atoms with Crippen molar-refractivity contribution in [3.05, 3.63) is 12.2 Å². The highest BCUT2D eigenvalue weighted by atomic mass is 16.5. The van der Waals surface area contributed by atoms with Gasteiger partial charge in [0.1, 0.15) is 6.10 Å². The van der Waals surface area contributed by atoms with Gasteiger partial charge in [0.05, 0.1) is 0 Å². The molecular formula is C28H52O4. The number of carbonyl (C=O) groups excluding carboxylic acids is 1. The predicted molar refractivity (Wildman–Crippen MR) is 135 cm³/mol. The number of rotatable bonds is 24. The van der Waals surface area contributed by atoms with Crippen LogP contribution in [0.25, 0.3) is 0 Å². The van der Waals surface area contributed by atoms with Crippen molar-refractivity contribution in [2.45, 2.75) is 155 Å². The summed E-state index contributed by atoms with van der Waals surface area (Å²) in [5.74, 6) is -0.880. The fourth-order valence-corrected chi connectivity index (χ4v) is 3.94. The van der Waals surface area contributed by atoms with Crippen LogP contribution in [0.1, 0.15) is 149 Å². The predicted octanol–water partition coefficient (Wildman–Crippen LogP) is 8.77. The van der Waals surface area contributed by atoms with Crippen LogP contribution in [0.5, 0.6) is 0 Å². The van der Waals surface area contributed by atoms with E-state index in [0.29, 0.717) is 19.3 Å². The molecule has 1 atom stereocenters. The summed E-state index contributed by atoms with van der Waals surface area (Å²) in [6.45, 7) is 4.45. The largest absolute Gasteiger partial charge is 0.481 e. The summed E-state index contributed by atoms with van der Waals surface area (Å²) in [4.78, 5) is 23.1. The maximum atomic E-state index is 12.3. The van der Waals surface area contributed by atoms with Crippen LogP contribution in [-0.2, 0) is 14.3 Å². The van der Waals surface area contributed by atoms with Crippen LogP contribution >= 0.6 is 0 Å². The van der Waals surface area contributed by atoms with Crippen LogP contribution in [0, 0.1) is 0 Å². The monoisotopic (exact) mass is 452 g/mol. The highest BCUT2D eigenvalue weighted by Gasteiger charge is 2.15. The number of hydrogen-bond acceptors (Lipinski definition) is 3. The lowest BCUT2D eigenvalue weighted by atomic mass is 10.0. The number of carbonyl (C=O) groups is 2. The highest BCUT2D eigenvalue weighted by Crippen LogP contribution is 2.17. The molecule has 0 aliphatic carbocycles. The maximum Gasteiger partial charge on any atom is 0.306 e. The Morgan fingerprint density at radius 1 is 0.656 bits per heavy atom. The SMILES string of the molecule is CCCC/C=C\CCCCCCCC(=O)OC(CCCCCCCCC)CCCC(=O)O. The first-order chi connectivity index (χ1) is 15.6. The van der Waals surface area contributed by atoms with Crippen LogP contribution in [0.2, 0.25) is 0 Å². The first kappa shape index (κ1) is 30.7. The number of ether oxygens (including phenoxy) is 1. The topological polar surface area (TPSA) is 63.6 Å². The van der Waals surface area contributed by atoms with Crippen molar-refractivity contribution in [3.63, 3.8) is 0 Å². The third-order valence-electron chi connectivity index (χ3n) is 5.99. The highest BCUT2D eigenvalue weighted by molar-refractivity contribution is 5.69. The van der Waals surface area contributed by atoms with E-state index in [1.807, 2.05) is 0 Å². The van der Waals surface area contributed by atoms with E-state index in [1.54, 1.807) is 0 Å². The molecule has 0 radical (unpaired) electrons. The Labute approximate surface area is 198 Å². The van der Waals surface area contributed by atoms with Crippen LogP contribution in [0.15, 0.2) is 12.2 Å². The average molecular weight is 453 g/mol. The van der Waals surface area contributed by atoms with Crippen LogP contribution < -0.4 is 0 Å². The van der Waals surface area contributed by atoms with Crippen LogP contribution in [0.4, 0.5) is 0 Å². The summed E-state index contributed by atoms with van der Waals surface area (Å²) in [5.41, 5.74) is 0. The number of unbranched alkanes of at least 4 members (excludes halogenated alkanes) is 13. The van der Waals surface area contributed by atoms with E-state index in [1.165, 1.54) is 83.5 Å². The number of hydrogen-bond donors (Lipinski definition) is 1. The Bertz CT molecular complexity index is 458. The number of carboxylic acid groups (broad SMARTS) is 1. The normalized spacial score (nSPS) is 12.3. The van der Waals surface area contributed by atoms with E-state index in [0.717, 1.165) is 25.7 Å². The summed E-state index contributed by atoms with van der Waals surface area (Å²) in [6, 6.07) is 0. The van der Waals surface area contributed by atoms with Crippen molar-refractivity contribution in [1.82, 2.24) is 0 Å². The zero-order valence-electron chi connectivity index (χ0n) is 21.3. The quantitative estimate of drug-likeness (QED) is 0.0902. The number of aliphatic carboxylic acids is 1. The summed E-state index contributed by atoms with van der Waals surface area (Å²) in [6.07, 6.45) is 26.4. The molecule has 0 aromatic rings.